The molecular formula is C20H19N6O4-. The standard InChI is InChI=1S/C20H19N6O4/c27-19(16-8-15(22-23-16)13-3-5-21-6-4-13)24-9-12-7-14(11-24)17-1-2-18(26(29)30)20(28)25(17)10-12/h1-6,8,12,14,29H,7,9-11H2,(H,22,23)/q-1. The quantitative estimate of drug-likeness (QED) is 0.630. The molecule has 5 heterocycles. The second-order valence-corrected chi connectivity index (χ2v) is 7.74. The molecule has 5 rings (SSSR count). The minimum atomic E-state index is -0.505. The van der Waals surface area contributed by atoms with E-state index < -0.39 is 10.8 Å². The van der Waals surface area contributed by atoms with Crippen molar-refractivity contribution in [1.29, 1.82) is 0 Å². The van der Waals surface area contributed by atoms with Crippen molar-refractivity contribution in [2.45, 2.75) is 18.9 Å². The molecule has 2 N–H and O–H groups in total. The molecule has 3 aromatic rings. The highest BCUT2D eigenvalue weighted by Crippen LogP contribution is 2.36. The van der Waals surface area contributed by atoms with Gasteiger partial charge in [-0.1, -0.05) is 0 Å². The van der Waals surface area contributed by atoms with E-state index >= 15 is 0 Å². The summed E-state index contributed by atoms with van der Waals surface area (Å²) in [6, 6.07) is 8.40. The van der Waals surface area contributed by atoms with Crippen molar-refractivity contribution in [2.75, 3.05) is 18.3 Å². The molecule has 2 aliphatic heterocycles. The molecule has 0 aromatic carbocycles. The fourth-order valence-corrected chi connectivity index (χ4v) is 4.52. The average molecular weight is 407 g/mol. The van der Waals surface area contributed by atoms with Gasteiger partial charge in [-0.15, -0.1) is 0 Å². The maximum atomic E-state index is 13.1. The number of anilines is 1. The van der Waals surface area contributed by atoms with Crippen molar-refractivity contribution >= 4 is 11.6 Å². The Morgan fingerprint density at radius 2 is 2.00 bits per heavy atom. The third-order valence-electron chi connectivity index (χ3n) is 5.86. The van der Waals surface area contributed by atoms with Crippen LogP contribution in [0.5, 0.6) is 0 Å². The molecule has 1 fully saturated rings. The van der Waals surface area contributed by atoms with Crippen molar-refractivity contribution in [3.63, 3.8) is 0 Å². The lowest BCUT2D eigenvalue weighted by atomic mass is 9.83. The number of likely N-dealkylation sites (tertiary alicyclic amines) is 1. The molecule has 3 aromatic heterocycles. The fourth-order valence-electron chi connectivity index (χ4n) is 4.52. The van der Waals surface area contributed by atoms with Crippen LogP contribution in [0.15, 0.2) is 47.5 Å². The van der Waals surface area contributed by atoms with Gasteiger partial charge in [0.05, 0.1) is 5.69 Å². The summed E-state index contributed by atoms with van der Waals surface area (Å²) >= 11 is 0. The van der Waals surface area contributed by atoms with Crippen LogP contribution in [0, 0.1) is 11.1 Å². The van der Waals surface area contributed by atoms with Gasteiger partial charge >= 0.3 is 0 Å². The molecule has 0 saturated carbocycles. The Morgan fingerprint density at radius 1 is 1.20 bits per heavy atom. The number of carbonyl (C=O) groups is 1. The number of carbonyl (C=O) groups excluding carboxylic acids is 1. The summed E-state index contributed by atoms with van der Waals surface area (Å²) in [5.74, 6) is -0.0508. The van der Waals surface area contributed by atoms with Gasteiger partial charge in [-0.2, -0.15) is 5.10 Å². The van der Waals surface area contributed by atoms with E-state index in [1.165, 1.54) is 6.07 Å². The van der Waals surface area contributed by atoms with Gasteiger partial charge in [-0.05, 0) is 42.7 Å². The van der Waals surface area contributed by atoms with E-state index in [0.717, 1.165) is 17.7 Å². The fraction of sp³-hybridized carbons (Fsp3) is 0.300. The van der Waals surface area contributed by atoms with Gasteiger partial charge in [0.1, 0.15) is 11.4 Å². The second kappa shape index (κ2) is 7.08. The van der Waals surface area contributed by atoms with Crippen molar-refractivity contribution in [2.24, 2.45) is 5.92 Å². The summed E-state index contributed by atoms with van der Waals surface area (Å²) in [6.45, 7) is 1.38. The molecule has 0 radical (unpaired) electrons. The first-order chi connectivity index (χ1) is 14.5. The Kier molecular flexibility index (Phi) is 4.37. The first-order valence-corrected chi connectivity index (χ1v) is 9.66. The molecule has 1 amide bonds. The number of fused-ring (bicyclic) bond motifs is 4. The average Bonchev–Trinajstić information content (AvgIpc) is 3.24. The first-order valence-electron chi connectivity index (χ1n) is 9.66. The normalized spacial score (nSPS) is 20.0. The van der Waals surface area contributed by atoms with E-state index in [2.05, 4.69) is 15.2 Å². The Labute approximate surface area is 170 Å². The molecule has 10 nitrogen and oxygen atoms in total. The minimum Gasteiger partial charge on any atom is -0.733 e. The number of aromatic nitrogens is 4. The van der Waals surface area contributed by atoms with E-state index in [0.29, 0.717) is 31.0 Å². The Hall–Kier alpha value is -3.50. The number of H-pyrrole nitrogens is 1. The molecule has 0 spiro atoms. The number of nitrogens with one attached hydrogen (secondary N) is 1. The van der Waals surface area contributed by atoms with Crippen LogP contribution in [0.25, 0.3) is 11.3 Å². The van der Waals surface area contributed by atoms with Crippen molar-refractivity contribution in [3.8, 4) is 11.3 Å². The molecular weight excluding hydrogens is 388 g/mol. The number of hydrogen-bond acceptors (Lipinski definition) is 7. The lowest BCUT2D eigenvalue weighted by Gasteiger charge is -2.43. The van der Waals surface area contributed by atoms with Crippen LogP contribution in [0.3, 0.4) is 0 Å². The van der Waals surface area contributed by atoms with Gasteiger partial charge in [-0.3, -0.25) is 24.9 Å². The number of hydrogen-bond donors (Lipinski definition) is 2. The van der Waals surface area contributed by atoms with Gasteiger partial charge in [0.2, 0.25) is 0 Å². The van der Waals surface area contributed by atoms with Crippen LogP contribution in [-0.4, -0.2) is 48.9 Å². The highest BCUT2D eigenvalue weighted by molar-refractivity contribution is 5.93. The zero-order valence-electron chi connectivity index (χ0n) is 15.9. The molecule has 10 heteroatoms. The van der Waals surface area contributed by atoms with E-state index in [9.17, 15) is 14.8 Å². The molecule has 0 aliphatic carbocycles. The number of piperidine rings is 1. The summed E-state index contributed by atoms with van der Waals surface area (Å²) in [4.78, 5) is 31.4. The Balaban J connectivity index is 1.39. The maximum Gasteiger partial charge on any atom is 0.275 e. The largest absolute Gasteiger partial charge is 0.733 e. The van der Waals surface area contributed by atoms with Gasteiger partial charge in [0.15, 0.2) is 0 Å². The third-order valence-corrected chi connectivity index (χ3v) is 5.86. The van der Waals surface area contributed by atoms with Crippen LogP contribution in [0.4, 0.5) is 5.69 Å². The summed E-state index contributed by atoms with van der Waals surface area (Å²) in [7, 11) is 0. The second-order valence-electron chi connectivity index (χ2n) is 7.74. The van der Waals surface area contributed by atoms with Crippen LogP contribution < -0.4 is 10.8 Å². The van der Waals surface area contributed by atoms with Crippen LogP contribution in [-0.2, 0) is 6.54 Å². The number of rotatable bonds is 3. The first kappa shape index (κ1) is 18.5. The molecule has 1 saturated heterocycles. The van der Waals surface area contributed by atoms with E-state index in [4.69, 9.17) is 5.21 Å². The summed E-state index contributed by atoms with van der Waals surface area (Å²) in [6.07, 6.45) is 4.21. The molecule has 2 bridgehead atoms. The molecule has 2 unspecified atom stereocenters. The van der Waals surface area contributed by atoms with Crippen LogP contribution in [0.2, 0.25) is 0 Å². The van der Waals surface area contributed by atoms with Gasteiger partial charge in [0, 0.05) is 49.2 Å². The van der Waals surface area contributed by atoms with E-state index in [1.807, 2.05) is 12.1 Å². The predicted octanol–water partition coefficient (Wildman–Crippen LogP) is 1.59. The molecule has 2 atom stereocenters. The SMILES string of the molecule is O=C(c1cc(-c2ccncc2)n[nH]1)N1CC2CC(C1)c1ccc(N([O-])O)c(=O)n1C2. The van der Waals surface area contributed by atoms with Crippen molar-refractivity contribution < 1.29 is 10.0 Å². The molecule has 2 aliphatic rings. The summed E-state index contributed by atoms with van der Waals surface area (Å²) in [5.41, 5.74) is 1.94. The highest BCUT2D eigenvalue weighted by Gasteiger charge is 2.37. The van der Waals surface area contributed by atoms with Gasteiger partial charge < -0.3 is 19.9 Å². The monoisotopic (exact) mass is 407 g/mol. The number of pyridine rings is 2. The topological polar surface area (TPSA) is 130 Å². The Bertz CT molecular complexity index is 1160. The van der Waals surface area contributed by atoms with Crippen molar-refractivity contribution in [3.05, 3.63) is 69.7 Å². The predicted molar refractivity (Wildman–Crippen MR) is 107 cm³/mol. The van der Waals surface area contributed by atoms with Crippen LogP contribution in [0.1, 0.15) is 28.5 Å². The smallest absolute Gasteiger partial charge is 0.275 e. The zero-order chi connectivity index (χ0) is 20.8. The maximum absolute atomic E-state index is 13.1. The molecule has 154 valence electrons. The van der Waals surface area contributed by atoms with Gasteiger partial charge in [-0.25, -0.2) is 0 Å². The van der Waals surface area contributed by atoms with Gasteiger partial charge in [0.25, 0.3) is 11.5 Å². The number of aromatic amines is 1. The Morgan fingerprint density at radius 3 is 2.77 bits per heavy atom. The zero-order valence-corrected chi connectivity index (χ0v) is 15.9. The molecule has 30 heavy (non-hydrogen) atoms. The third kappa shape index (κ3) is 3.06. The lowest BCUT2D eigenvalue weighted by Crippen LogP contribution is -2.49. The van der Waals surface area contributed by atoms with E-state index in [-0.39, 0.29) is 23.4 Å². The van der Waals surface area contributed by atoms with Crippen LogP contribution >= 0.6 is 0 Å². The van der Waals surface area contributed by atoms with Crippen molar-refractivity contribution in [1.82, 2.24) is 24.6 Å². The highest BCUT2D eigenvalue weighted by atomic mass is 16.8. The summed E-state index contributed by atoms with van der Waals surface area (Å²) < 4.78 is 1.55. The van der Waals surface area contributed by atoms with E-state index in [1.54, 1.807) is 34.0 Å². The number of amides is 1. The number of nitrogens with zero attached hydrogens (tertiary/aromatic N) is 5. The minimum absolute atomic E-state index is 0.00964. The lowest BCUT2D eigenvalue weighted by molar-refractivity contribution is 0.0588. The summed E-state index contributed by atoms with van der Waals surface area (Å²) in [5, 5.41) is 27.0.